The minimum Gasteiger partial charge on any atom is -0.462 e. The molecule has 1 aliphatic rings. The molecular formula is C26H23FN4O5. The van der Waals surface area contributed by atoms with Crippen LogP contribution in [-0.2, 0) is 20.9 Å². The number of halogens is 1. The second-order valence-corrected chi connectivity index (χ2v) is 7.95. The van der Waals surface area contributed by atoms with Gasteiger partial charge in [0.05, 0.1) is 36.5 Å². The molecule has 0 radical (unpaired) electrons. The van der Waals surface area contributed by atoms with E-state index in [1.54, 1.807) is 49.5 Å². The zero-order valence-electron chi connectivity index (χ0n) is 19.4. The first-order valence-corrected chi connectivity index (χ1v) is 11.2. The number of rotatable bonds is 8. The number of amides is 4. The number of anilines is 2. The standard InChI is InChI=1S/C26H23FN4O5/c1-2-36-25(34)17-6-5-8-19(14-17)29-23(32)15-22-24(33)31(21-11-9-18(27)10-12-21)26(35)30(22)16-20-7-3-4-13-28-20/h3-14,22H,2,15-16H2,1H3,(H,29,32)/t22-/m0/s1. The normalized spacial score (nSPS) is 15.2. The summed E-state index contributed by atoms with van der Waals surface area (Å²) in [7, 11) is 0. The van der Waals surface area contributed by atoms with Gasteiger partial charge in [0.2, 0.25) is 5.91 Å². The van der Waals surface area contributed by atoms with Crippen LogP contribution in [0.1, 0.15) is 29.4 Å². The molecule has 1 aliphatic heterocycles. The molecule has 1 saturated heterocycles. The monoisotopic (exact) mass is 490 g/mol. The third kappa shape index (κ3) is 5.38. The molecular weight excluding hydrogens is 467 g/mol. The highest BCUT2D eigenvalue weighted by Gasteiger charge is 2.46. The van der Waals surface area contributed by atoms with Crippen molar-refractivity contribution in [3.8, 4) is 0 Å². The third-order valence-electron chi connectivity index (χ3n) is 5.50. The van der Waals surface area contributed by atoms with Gasteiger partial charge in [-0.25, -0.2) is 18.9 Å². The van der Waals surface area contributed by atoms with Crippen LogP contribution in [0.15, 0.2) is 72.9 Å². The SMILES string of the molecule is CCOC(=O)c1cccc(NC(=O)C[C@H]2C(=O)N(c3ccc(F)cc3)C(=O)N2Cc2ccccn2)c1. The molecule has 1 N–H and O–H groups in total. The molecule has 0 spiro atoms. The Labute approximate surface area is 206 Å². The van der Waals surface area contributed by atoms with Gasteiger partial charge in [-0.2, -0.15) is 0 Å². The molecule has 36 heavy (non-hydrogen) atoms. The van der Waals surface area contributed by atoms with Crippen LogP contribution in [0.25, 0.3) is 0 Å². The Bertz CT molecular complexity index is 1280. The Morgan fingerprint density at radius 1 is 1.06 bits per heavy atom. The third-order valence-corrected chi connectivity index (χ3v) is 5.50. The summed E-state index contributed by atoms with van der Waals surface area (Å²) in [6.07, 6.45) is 1.23. The number of carbonyl (C=O) groups is 4. The van der Waals surface area contributed by atoms with Crippen LogP contribution in [-0.4, -0.2) is 46.3 Å². The minimum absolute atomic E-state index is 0.000597. The largest absolute Gasteiger partial charge is 0.462 e. The van der Waals surface area contributed by atoms with Crippen LogP contribution in [0.3, 0.4) is 0 Å². The first-order valence-electron chi connectivity index (χ1n) is 11.2. The Balaban J connectivity index is 1.56. The smallest absolute Gasteiger partial charge is 0.338 e. The number of ether oxygens (including phenoxy) is 1. The van der Waals surface area contributed by atoms with E-state index < -0.39 is 35.7 Å². The van der Waals surface area contributed by atoms with Gasteiger partial charge in [-0.3, -0.25) is 14.6 Å². The van der Waals surface area contributed by atoms with Gasteiger partial charge in [-0.05, 0) is 61.5 Å². The molecule has 1 aromatic heterocycles. The van der Waals surface area contributed by atoms with Gasteiger partial charge in [0.25, 0.3) is 5.91 Å². The van der Waals surface area contributed by atoms with Crippen LogP contribution in [0.4, 0.5) is 20.6 Å². The fraction of sp³-hybridized carbons (Fsp3) is 0.192. The number of aromatic nitrogens is 1. The van der Waals surface area contributed by atoms with Crippen molar-refractivity contribution < 1.29 is 28.3 Å². The number of pyridine rings is 1. The van der Waals surface area contributed by atoms with Crippen molar-refractivity contribution in [3.05, 3.63) is 90.0 Å². The topological polar surface area (TPSA) is 109 Å². The molecule has 184 valence electrons. The van der Waals surface area contributed by atoms with E-state index >= 15 is 0 Å². The van der Waals surface area contributed by atoms with E-state index in [9.17, 15) is 23.6 Å². The van der Waals surface area contributed by atoms with Crippen LogP contribution in [0.2, 0.25) is 0 Å². The number of benzene rings is 2. The van der Waals surface area contributed by atoms with Crippen molar-refractivity contribution in [2.24, 2.45) is 0 Å². The van der Waals surface area contributed by atoms with Gasteiger partial charge in [0, 0.05) is 11.9 Å². The van der Waals surface area contributed by atoms with Gasteiger partial charge in [-0.1, -0.05) is 12.1 Å². The lowest BCUT2D eigenvalue weighted by Gasteiger charge is -2.21. The summed E-state index contributed by atoms with van der Waals surface area (Å²) >= 11 is 0. The van der Waals surface area contributed by atoms with Gasteiger partial charge in [0.15, 0.2) is 0 Å². The first-order chi connectivity index (χ1) is 17.4. The highest BCUT2D eigenvalue weighted by atomic mass is 19.1. The highest BCUT2D eigenvalue weighted by molar-refractivity contribution is 6.22. The van der Waals surface area contributed by atoms with Crippen molar-refractivity contribution in [1.82, 2.24) is 9.88 Å². The number of urea groups is 1. The molecule has 0 unspecified atom stereocenters. The number of imide groups is 1. The average Bonchev–Trinajstić information content (AvgIpc) is 3.09. The summed E-state index contributed by atoms with van der Waals surface area (Å²) in [5, 5.41) is 2.67. The van der Waals surface area contributed by atoms with Crippen molar-refractivity contribution in [2.45, 2.75) is 25.9 Å². The van der Waals surface area contributed by atoms with Gasteiger partial charge in [-0.15, -0.1) is 0 Å². The molecule has 4 amide bonds. The van der Waals surface area contributed by atoms with Crippen molar-refractivity contribution in [3.63, 3.8) is 0 Å². The van der Waals surface area contributed by atoms with Crippen LogP contribution in [0.5, 0.6) is 0 Å². The van der Waals surface area contributed by atoms with Crippen LogP contribution >= 0.6 is 0 Å². The molecule has 3 aromatic rings. The zero-order chi connectivity index (χ0) is 25.7. The number of hydrogen-bond donors (Lipinski definition) is 1. The lowest BCUT2D eigenvalue weighted by atomic mass is 10.1. The van der Waals surface area contributed by atoms with Gasteiger partial charge < -0.3 is 15.0 Å². The van der Waals surface area contributed by atoms with Crippen molar-refractivity contribution in [2.75, 3.05) is 16.8 Å². The van der Waals surface area contributed by atoms with Crippen LogP contribution in [0, 0.1) is 5.82 Å². The fourth-order valence-electron chi connectivity index (χ4n) is 3.83. The summed E-state index contributed by atoms with van der Waals surface area (Å²) in [4.78, 5) is 57.9. The predicted molar refractivity (Wildman–Crippen MR) is 128 cm³/mol. The van der Waals surface area contributed by atoms with Crippen molar-refractivity contribution in [1.29, 1.82) is 0 Å². The number of hydrogen-bond acceptors (Lipinski definition) is 6. The summed E-state index contributed by atoms with van der Waals surface area (Å²) in [5.41, 5.74) is 1.34. The molecule has 4 rings (SSSR count). The molecule has 2 heterocycles. The lowest BCUT2D eigenvalue weighted by molar-refractivity contribution is -0.124. The molecule has 9 nitrogen and oxygen atoms in total. The Hall–Kier alpha value is -4.60. The zero-order valence-corrected chi connectivity index (χ0v) is 19.4. The second-order valence-electron chi connectivity index (χ2n) is 7.95. The first kappa shape index (κ1) is 24.5. The Morgan fingerprint density at radius 2 is 1.83 bits per heavy atom. The molecule has 2 aromatic carbocycles. The maximum atomic E-state index is 13.4. The van der Waals surface area contributed by atoms with E-state index in [4.69, 9.17) is 4.74 Å². The van der Waals surface area contributed by atoms with E-state index in [2.05, 4.69) is 10.3 Å². The molecule has 0 bridgehead atoms. The lowest BCUT2D eigenvalue weighted by Crippen LogP contribution is -2.37. The van der Waals surface area contributed by atoms with E-state index in [0.29, 0.717) is 11.4 Å². The van der Waals surface area contributed by atoms with E-state index in [0.717, 1.165) is 17.0 Å². The molecule has 10 heteroatoms. The summed E-state index contributed by atoms with van der Waals surface area (Å²) in [6.45, 7) is 1.90. The predicted octanol–water partition coefficient (Wildman–Crippen LogP) is 3.76. The average molecular weight is 490 g/mol. The van der Waals surface area contributed by atoms with Crippen molar-refractivity contribution >= 4 is 35.2 Å². The summed E-state index contributed by atoms with van der Waals surface area (Å²) < 4.78 is 18.4. The van der Waals surface area contributed by atoms with E-state index in [1.807, 2.05) is 0 Å². The molecule has 0 aliphatic carbocycles. The second kappa shape index (κ2) is 10.8. The number of nitrogens with one attached hydrogen (secondary N) is 1. The number of esters is 1. The fourth-order valence-corrected chi connectivity index (χ4v) is 3.83. The Morgan fingerprint density at radius 3 is 2.53 bits per heavy atom. The molecule has 0 saturated carbocycles. The maximum Gasteiger partial charge on any atom is 0.338 e. The summed E-state index contributed by atoms with van der Waals surface area (Å²) in [5.74, 6) is -2.18. The highest BCUT2D eigenvalue weighted by Crippen LogP contribution is 2.28. The van der Waals surface area contributed by atoms with Gasteiger partial charge in [0.1, 0.15) is 11.9 Å². The van der Waals surface area contributed by atoms with Gasteiger partial charge >= 0.3 is 12.0 Å². The number of carbonyl (C=O) groups excluding carboxylic acids is 4. The molecule has 1 atom stereocenters. The van der Waals surface area contributed by atoms with E-state index in [1.165, 1.54) is 23.1 Å². The quantitative estimate of drug-likeness (QED) is 0.380. The number of nitrogens with zero attached hydrogens (tertiary/aromatic N) is 3. The Kier molecular flexibility index (Phi) is 7.33. The maximum absolute atomic E-state index is 13.4. The minimum atomic E-state index is -1.11. The molecule has 1 fully saturated rings. The summed E-state index contributed by atoms with van der Waals surface area (Å²) in [6, 6.07) is 14.6. The van der Waals surface area contributed by atoms with Crippen LogP contribution < -0.4 is 10.2 Å². The van der Waals surface area contributed by atoms with E-state index in [-0.39, 0.29) is 30.8 Å².